The maximum absolute atomic E-state index is 13.2. The number of tetrazole rings is 1. The summed E-state index contributed by atoms with van der Waals surface area (Å²) >= 11 is 0. The van der Waals surface area contributed by atoms with Crippen LogP contribution >= 0.6 is 0 Å². The van der Waals surface area contributed by atoms with Crippen molar-refractivity contribution < 1.29 is 18.0 Å². The standard InChI is InChI=1S/C20H18F3N9O/c1-12-3-5-15(8-18(12)32-13(2)28-29-30-32)25-9-19(33)27-16-7-14(20(21,22)23)4-6-17(16)31-11-24-10-26-31/h3-8,10-11,25H,9H2,1-2H3,(H,27,33). The molecule has 2 N–H and O–H groups in total. The van der Waals surface area contributed by atoms with E-state index in [1.807, 2.05) is 13.0 Å². The summed E-state index contributed by atoms with van der Waals surface area (Å²) < 4.78 is 42.4. The lowest BCUT2D eigenvalue weighted by molar-refractivity contribution is -0.137. The van der Waals surface area contributed by atoms with Crippen LogP contribution in [0.5, 0.6) is 0 Å². The van der Waals surface area contributed by atoms with Gasteiger partial charge in [0.15, 0.2) is 5.82 Å². The predicted octanol–water partition coefficient (Wildman–Crippen LogP) is 2.93. The Kier molecular flexibility index (Phi) is 5.77. The van der Waals surface area contributed by atoms with Crippen LogP contribution in [-0.4, -0.2) is 47.4 Å². The highest BCUT2D eigenvalue weighted by Crippen LogP contribution is 2.33. The molecule has 0 bridgehead atoms. The molecular weight excluding hydrogens is 439 g/mol. The molecule has 0 aliphatic carbocycles. The second-order valence-electron chi connectivity index (χ2n) is 7.11. The van der Waals surface area contributed by atoms with Gasteiger partial charge in [-0.2, -0.15) is 23.0 Å². The van der Waals surface area contributed by atoms with Gasteiger partial charge >= 0.3 is 6.18 Å². The fraction of sp³-hybridized carbons (Fsp3) is 0.200. The minimum absolute atomic E-state index is 0.0453. The van der Waals surface area contributed by atoms with E-state index >= 15 is 0 Å². The molecule has 0 radical (unpaired) electrons. The molecule has 0 saturated heterocycles. The average Bonchev–Trinajstić information content (AvgIpc) is 3.44. The maximum atomic E-state index is 13.2. The molecule has 33 heavy (non-hydrogen) atoms. The SMILES string of the molecule is Cc1ccc(NCC(=O)Nc2cc(C(F)(F)F)ccc2-n2cncn2)cc1-n1nnnc1C. The lowest BCUT2D eigenvalue weighted by Crippen LogP contribution is -2.23. The van der Waals surface area contributed by atoms with Gasteiger partial charge in [0.25, 0.3) is 0 Å². The largest absolute Gasteiger partial charge is 0.416 e. The summed E-state index contributed by atoms with van der Waals surface area (Å²) in [5.41, 5.74) is 1.57. The van der Waals surface area contributed by atoms with Crippen molar-refractivity contribution in [2.24, 2.45) is 0 Å². The fourth-order valence-corrected chi connectivity index (χ4v) is 3.12. The quantitative estimate of drug-likeness (QED) is 0.457. The number of halogens is 3. The fourth-order valence-electron chi connectivity index (χ4n) is 3.12. The molecule has 0 saturated carbocycles. The Morgan fingerprint density at radius 3 is 2.58 bits per heavy atom. The minimum Gasteiger partial charge on any atom is -0.376 e. The third-order valence-electron chi connectivity index (χ3n) is 4.78. The van der Waals surface area contributed by atoms with Crippen molar-refractivity contribution in [3.63, 3.8) is 0 Å². The summed E-state index contributed by atoms with van der Waals surface area (Å²) in [6.45, 7) is 3.46. The lowest BCUT2D eigenvalue weighted by atomic mass is 10.1. The maximum Gasteiger partial charge on any atom is 0.416 e. The second kappa shape index (κ2) is 8.68. The number of nitrogens with zero attached hydrogens (tertiary/aromatic N) is 7. The van der Waals surface area contributed by atoms with Crippen LogP contribution in [0.3, 0.4) is 0 Å². The van der Waals surface area contributed by atoms with E-state index in [-0.39, 0.29) is 17.9 Å². The van der Waals surface area contributed by atoms with Crippen LogP contribution in [-0.2, 0) is 11.0 Å². The Morgan fingerprint density at radius 1 is 1.09 bits per heavy atom. The zero-order chi connectivity index (χ0) is 23.6. The first-order chi connectivity index (χ1) is 15.7. The number of aromatic nitrogens is 7. The summed E-state index contributed by atoms with van der Waals surface area (Å²) in [5.74, 6) is 0.0506. The number of carbonyl (C=O) groups excluding carboxylic acids is 1. The van der Waals surface area contributed by atoms with E-state index in [1.165, 1.54) is 23.4 Å². The number of amides is 1. The number of nitrogens with one attached hydrogen (secondary N) is 2. The summed E-state index contributed by atoms with van der Waals surface area (Å²) in [6.07, 6.45) is -2.00. The van der Waals surface area contributed by atoms with Gasteiger partial charge in [-0.3, -0.25) is 4.79 Å². The van der Waals surface area contributed by atoms with Gasteiger partial charge in [-0.1, -0.05) is 6.07 Å². The number of benzene rings is 2. The summed E-state index contributed by atoms with van der Waals surface area (Å²) in [6, 6.07) is 8.39. The third kappa shape index (κ3) is 4.81. The van der Waals surface area contributed by atoms with Crippen molar-refractivity contribution in [1.82, 2.24) is 35.0 Å². The lowest BCUT2D eigenvalue weighted by Gasteiger charge is -2.15. The van der Waals surface area contributed by atoms with E-state index in [0.29, 0.717) is 11.5 Å². The molecule has 10 nitrogen and oxygen atoms in total. The van der Waals surface area contributed by atoms with Crippen molar-refractivity contribution >= 4 is 17.3 Å². The summed E-state index contributed by atoms with van der Waals surface area (Å²) in [4.78, 5) is 16.4. The third-order valence-corrected chi connectivity index (χ3v) is 4.78. The molecular formula is C20H18F3N9O. The summed E-state index contributed by atoms with van der Waals surface area (Å²) in [7, 11) is 0. The number of hydrogen-bond donors (Lipinski definition) is 2. The van der Waals surface area contributed by atoms with Crippen LogP contribution in [0.1, 0.15) is 17.0 Å². The topological polar surface area (TPSA) is 115 Å². The molecule has 0 spiro atoms. The molecule has 2 heterocycles. The number of carbonyl (C=O) groups is 1. The zero-order valence-electron chi connectivity index (χ0n) is 17.5. The molecule has 0 aliphatic heterocycles. The number of aryl methyl sites for hydroxylation is 2. The molecule has 2 aromatic carbocycles. The van der Waals surface area contributed by atoms with E-state index in [2.05, 4.69) is 36.2 Å². The Bertz CT molecular complexity index is 1280. The molecule has 13 heteroatoms. The molecule has 0 aliphatic rings. The van der Waals surface area contributed by atoms with Crippen molar-refractivity contribution in [3.8, 4) is 11.4 Å². The van der Waals surface area contributed by atoms with Gasteiger partial charge in [0.2, 0.25) is 5.91 Å². The smallest absolute Gasteiger partial charge is 0.376 e. The molecule has 0 fully saturated rings. The van der Waals surface area contributed by atoms with Crippen LogP contribution in [0.4, 0.5) is 24.5 Å². The normalized spacial score (nSPS) is 11.4. The highest BCUT2D eigenvalue weighted by atomic mass is 19.4. The average molecular weight is 457 g/mol. The van der Waals surface area contributed by atoms with Crippen LogP contribution in [0.2, 0.25) is 0 Å². The van der Waals surface area contributed by atoms with Crippen LogP contribution in [0, 0.1) is 13.8 Å². The first-order valence-electron chi connectivity index (χ1n) is 9.68. The summed E-state index contributed by atoms with van der Waals surface area (Å²) in [5, 5.41) is 20.8. The Hall–Kier alpha value is -4.29. The van der Waals surface area contributed by atoms with Crippen molar-refractivity contribution in [2.75, 3.05) is 17.2 Å². The van der Waals surface area contributed by atoms with Crippen LogP contribution < -0.4 is 10.6 Å². The molecule has 0 atom stereocenters. The first kappa shape index (κ1) is 21.9. The van der Waals surface area contributed by atoms with E-state index in [0.717, 1.165) is 23.4 Å². The number of hydrogen-bond acceptors (Lipinski definition) is 7. The van der Waals surface area contributed by atoms with Gasteiger partial charge < -0.3 is 10.6 Å². The van der Waals surface area contributed by atoms with Gasteiger partial charge in [-0.15, -0.1) is 5.10 Å². The zero-order valence-corrected chi connectivity index (χ0v) is 17.5. The number of rotatable bonds is 6. The number of anilines is 2. The highest BCUT2D eigenvalue weighted by molar-refractivity contribution is 5.95. The van der Waals surface area contributed by atoms with Crippen molar-refractivity contribution in [3.05, 3.63) is 66.0 Å². The van der Waals surface area contributed by atoms with E-state index in [1.54, 1.807) is 23.7 Å². The minimum atomic E-state index is -4.56. The van der Waals surface area contributed by atoms with E-state index in [4.69, 9.17) is 0 Å². The van der Waals surface area contributed by atoms with Crippen molar-refractivity contribution in [1.29, 1.82) is 0 Å². The van der Waals surface area contributed by atoms with E-state index in [9.17, 15) is 18.0 Å². The highest BCUT2D eigenvalue weighted by Gasteiger charge is 2.31. The predicted molar refractivity (Wildman–Crippen MR) is 112 cm³/mol. The van der Waals surface area contributed by atoms with Gasteiger partial charge in [-0.25, -0.2) is 9.67 Å². The van der Waals surface area contributed by atoms with Crippen LogP contribution in [0.25, 0.3) is 11.4 Å². The second-order valence-corrected chi connectivity index (χ2v) is 7.11. The van der Waals surface area contributed by atoms with Gasteiger partial charge in [0.05, 0.1) is 29.2 Å². The Balaban J connectivity index is 1.52. The number of alkyl halides is 3. The molecule has 4 rings (SSSR count). The molecule has 170 valence electrons. The molecule has 0 unspecified atom stereocenters. The Morgan fingerprint density at radius 2 is 1.91 bits per heavy atom. The van der Waals surface area contributed by atoms with E-state index < -0.39 is 17.6 Å². The first-order valence-corrected chi connectivity index (χ1v) is 9.68. The molecule has 4 aromatic rings. The molecule has 2 aromatic heterocycles. The monoisotopic (exact) mass is 457 g/mol. The van der Waals surface area contributed by atoms with Gasteiger partial charge in [0, 0.05) is 5.69 Å². The van der Waals surface area contributed by atoms with Gasteiger partial charge in [-0.05, 0) is 60.2 Å². The van der Waals surface area contributed by atoms with Gasteiger partial charge in [0.1, 0.15) is 12.7 Å². The van der Waals surface area contributed by atoms with Crippen LogP contribution in [0.15, 0.2) is 49.1 Å². The Labute approximate surface area is 185 Å². The van der Waals surface area contributed by atoms with Crippen molar-refractivity contribution in [2.45, 2.75) is 20.0 Å². The molecule has 1 amide bonds.